The van der Waals surface area contributed by atoms with Crippen molar-refractivity contribution in [3.63, 3.8) is 0 Å². The van der Waals surface area contributed by atoms with Gasteiger partial charge < -0.3 is 19.3 Å². The van der Waals surface area contributed by atoms with E-state index in [1.807, 2.05) is 0 Å². The Morgan fingerprint density at radius 2 is 1.89 bits per heavy atom. The molecular formula is C12H20N2O4. The largest absolute Gasteiger partial charge is 0.375 e. The summed E-state index contributed by atoms with van der Waals surface area (Å²) in [4.78, 5) is 27.2. The molecule has 1 unspecified atom stereocenters. The first-order valence-corrected chi connectivity index (χ1v) is 6.39. The van der Waals surface area contributed by atoms with E-state index < -0.39 is 0 Å². The normalized spacial score (nSPS) is 24.4. The Morgan fingerprint density at radius 1 is 1.22 bits per heavy atom. The highest BCUT2D eigenvalue weighted by molar-refractivity contribution is 5.82. The number of amides is 2. The number of rotatable bonds is 3. The average molecular weight is 256 g/mol. The molecule has 2 aliphatic heterocycles. The first-order chi connectivity index (χ1) is 8.72. The monoisotopic (exact) mass is 256 g/mol. The van der Waals surface area contributed by atoms with Gasteiger partial charge in [0.2, 0.25) is 5.91 Å². The van der Waals surface area contributed by atoms with Gasteiger partial charge in [-0.2, -0.15) is 0 Å². The highest BCUT2D eigenvalue weighted by Crippen LogP contribution is 2.15. The summed E-state index contributed by atoms with van der Waals surface area (Å²) in [6, 6.07) is 0. The van der Waals surface area contributed by atoms with Crippen molar-refractivity contribution in [2.75, 3.05) is 46.5 Å². The van der Waals surface area contributed by atoms with Crippen LogP contribution < -0.4 is 0 Å². The second-order valence-electron chi connectivity index (χ2n) is 4.64. The summed E-state index contributed by atoms with van der Waals surface area (Å²) in [5.41, 5.74) is 0. The van der Waals surface area contributed by atoms with Crippen LogP contribution in [-0.4, -0.2) is 74.2 Å². The zero-order valence-electron chi connectivity index (χ0n) is 10.8. The van der Waals surface area contributed by atoms with E-state index in [0.717, 1.165) is 12.8 Å². The third kappa shape index (κ3) is 3.00. The van der Waals surface area contributed by atoms with Crippen molar-refractivity contribution >= 4 is 11.8 Å². The van der Waals surface area contributed by atoms with Crippen molar-refractivity contribution in [3.05, 3.63) is 0 Å². The van der Waals surface area contributed by atoms with Gasteiger partial charge >= 0.3 is 0 Å². The number of ether oxygens (including phenoxy) is 2. The summed E-state index contributed by atoms with van der Waals surface area (Å²) in [6.07, 6.45) is 1.52. The van der Waals surface area contributed by atoms with Crippen molar-refractivity contribution in [2.45, 2.75) is 18.9 Å². The van der Waals surface area contributed by atoms with Gasteiger partial charge in [-0.15, -0.1) is 0 Å². The summed E-state index contributed by atoms with van der Waals surface area (Å²) in [7, 11) is 1.51. The average Bonchev–Trinajstić information content (AvgIpc) is 2.92. The quantitative estimate of drug-likeness (QED) is 0.682. The fraction of sp³-hybridized carbons (Fsp3) is 0.833. The van der Waals surface area contributed by atoms with E-state index in [4.69, 9.17) is 9.47 Å². The number of hydrogen-bond donors (Lipinski definition) is 0. The Morgan fingerprint density at radius 3 is 2.44 bits per heavy atom. The number of hydrogen-bond acceptors (Lipinski definition) is 4. The highest BCUT2D eigenvalue weighted by atomic mass is 16.5. The van der Waals surface area contributed by atoms with Crippen LogP contribution in [0.25, 0.3) is 0 Å². The molecule has 2 fully saturated rings. The fourth-order valence-electron chi connectivity index (χ4n) is 2.37. The first-order valence-electron chi connectivity index (χ1n) is 6.39. The van der Waals surface area contributed by atoms with E-state index in [-0.39, 0.29) is 24.5 Å². The fourth-order valence-corrected chi connectivity index (χ4v) is 2.37. The van der Waals surface area contributed by atoms with E-state index in [0.29, 0.717) is 32.8 Å². The predicted octanol–water partition coefficient (Wildman–Crippen LogP) is -0.517. The summed E-state index contributed by atoms with van der Waals surface area (Å²) in [5.74, 6) is 0.0630. The van der Waals surface area contributed by atoms with Crippen LogP contribution in [0.2, 0.25) is 0 Å². The minimum Gasteiger partial charge on any atom is -0.375 e. The van der Waals surface area contributed by atoms with E-state index in [1.54, 1.807) is 9.80 Å². The SMILES string of the molecule is COCC(=O)N1CCN(C(=O)C2CCCO2)CC1. The molecule has 2 heterocycles. The van der Waals surface area contributed by atoms with Crippen LogP contribution in [0, 0.1) is 0 Å². The summed E-state index contributed by atoms with van der Waals surface area (Å²) >= 11 is 0. The summed E-state index contributed by atoms with van der Waals surface area (Å²) in [5, 5.41) is 0. The van der Waals surface area contributed by atoms with Gasteiger partial charge in [0.15, 0.2) is 0 Å². The zero-order chi connectivity index (χ0) is 13.0. The Hall–Kier alpha value is -1.14. The van der Waals surface area contributed by atoms with Crippen LogP contribution in [0.5, 0.6) is 0 Å². The van der Waals surface area contributed by atoms with E-state index in [2.05, 4.69) is 0 Å². The molecule has 102 valence electrons. The lowest BCUT2D eigenvalue weighted by Crippen LogP contribution is -2.53. The molecule has 0 aromatic carbocycles. The molecule has 2 rings (SSSR count). The Labute approximate surface area is 107 Å². The minimum atomic E-state index is -0.258. The molecule has 0 bridgehead atoms. The smallest absolute Gasteiger partial charge is 0.251 e. The number of methoxy groups -OCH3 is 1. The second kappa shape index (κ2) is 6.15. The summed E-state index contributed by atoms with van der Waals surface area (Å²) in [6.45, 7) is 3.14. The molecule has 6 nitrogen and oxygen atoms in total. The molecule has 0 aliphatic carbocycles. The van der Waals surface area contributed by atoms with Crippen LogP contribution in [0.1, 0.15) is 12.8 Å². The van der Waals surface area contributed by atoms with E-state index in [1.165, 1.54) is 7.11 Å². The Balaban J connectivity index is 1.79. The lowest BCUT2D eigenvalue weighted by Gasteiger charge is -2.35. The molecule has 0 N–H and O–H groups in total. The molecule has 1 atom stereocenters. The molecule has 0 radical (unpaired) electrons. The third-order valence-corrected chi connectivity index (χ3v) is 3.42. The first kappa shape index (κ1) is 13.3. The molecule has 0 aromatic rings. The second-order valence-corrected chi connectivity index (χ2v) is 4.64. The molecule has 2 saturated heterocycles. The molecule has 2 aliphatic rings. The lowest BCUT2D eigenvalue weighted by molar-refractivity contribution is -0.147. The Bertz CT molecular complexity index is 307. The minimum absolute atomic E-state index is 0.0123. The van der Waals surface area contributed by atoms with Crippen molar-refractivity contribution in [3.8, 4) is 0 Å². The number of carbonyl (C=O) groups excluding carboxylic acids is 2. The maximum absolute atomic E-state index is 12.1. The molecular weight excluding hydrogens is 236 g/mol. The molecule has 6 heteroatoms. The van der Waals surface area contributed by atoms with E-state index in [9.17, 15) is 9.59 Å². The van der Waals surface area contributed by atoms with E-state index >= 15 is 0 Å². The van der Waals surface area contributed by atoms with Crippen molar-refractivity contribution < 1.29 is 19.1 Å². The third-order valence-electron chi connectivity index (χ3n) is 3.42. The van der Waals surface area contributed by atoms with Crippen LogP contribution in [0.15, 0.2) is 0 Å². The molecule has 0 spiro atoms. The van der Waals surface area contributed by atoms with Crippen LogP contribution in [-0.2, 0) is 19.1 Å². The van der Waals surface area contributed by atoms with Gasteiger partial charge in [0.1, 0.15) is 12.7 Å². The molecule has 0 aromatic heterocycles. The molecule has 18 heavy (non-hydrogen) atoms. The maximum Gasteiger partial charge on any atom is 0.251 e. The van der Waals surface area contributed by atoms with Gasteiger partial charge in [-0.05, 0) is 12.8 Å². The van der Waals surface area contributed by atoms with Gasteiger partial charge in [-0.1, -0.05) is 0 Å². The van der Waals surface area contributed by atoms with Gasteiger partial charge in [0.05, 0.1) is 0 Å². The predicted molar refractivity (Wildman–Crippen MR) is 64.0 cm³/mol. The van der Waals surface area contributed by atoms with Crippen molar-refractivity contribution in [1.82, 2.24) is 9.80 Å². The van der Waals surface area contributed by atoms with Crippen LogP contribution >= 0.6 is 0 Å². The Kier molecular flexibility index (Phi) is 4.54. The van der Waals surface area contributed by atoms with Crippen molar-refractivity contribution in [2.24, 2.45) is 0 Å². The number of nitrogens with zero attached hydrogens (tertiary/aromatic N) is 2. The maximum atomic E-state index is 12.1. The van der Waals surface area contributed by atoms with Crippen LogP contribution in [0.4, 0.5) is 0 Å². The van der Waals surface area contributed by atoms with Crippen molar-refractivity contribution in [1.29, 1.82) is 0 Å². The topological polar surface area (TPSA) is 59.1 Å². The molecule has 2 amide bonds. The van der Waals surface area contributed by atoms with Gasteiger partial charge in [0, 0.05) is 39.9 Å². The zero-order valence-corrected chi connectivity index (χ0v) is 10.8. The highest BCUT2D eigenvalue weighted by Gasteiger charge is 2.31. The van der Waals surface area contributed by atoms with Gasteiger partial charge in [0.25, 0.3) is 5.91 Å². The summed E-state index contributed by atoms with van der Waals surface area (Å²) < 4.78 is 10.2. The standard InChI is InChI=1S/C12H20N2O4/c1-17-9-11(15)13-4-6-14(7-5-13)12(16)10-3-2-8-18-10/h10H,2-9H2,1H3. The number of carbonyl (C=O) groups is 2. The lowest BCUT2D eigenvalue weighted by atomic mass is 10.2. The van der Waals surface area contributed by atoms with Crippen LogP contribution in [0.3, 0.4) is 0 Å². The molecule has 0 saturated carbocycles. The number of piperazine rings is 1. The van der Waals surface area contributed by atoms with Gasteiger partial charge in [-0.25, -0.2) is 0 Å². The van der Waals surface area contributed by atoms with Gasteiger partial charge in [-0.3, -0.25) is 9.59 Å².